The number of carbonyl (C=O) groups is 3. The van der Waals surface area contributed by atoms with E-state index in [-0.39, 0.29) is 30.0 Å². The van der Waals surface area contributed by atoms with E-state index in [1.165, 1.54) is 12.1 Å². The van der Waals surface area contributed by atoms with E-state index in [0.29, 0.717) is 0 Å². The van der Waals surface area contributed by atoms with E-state index < -0.39 is 23.8 Å². The minimum absolute atomic E-state index is 0. The summed E-state index contributed by atoms with van der Waals surface area (Å²) >= 11 is 0. The van der Waals surface area contributed by atoms with Crippen LogP contribution in [-0.4, -0.2) is 33.8 Å². The number of hydrogen-bond donors (Lipinski definition) is 1. The number of hydrogen-bond acceptors (Lipinski definition) is 3. The minimum Gasteiger partial charge on any atom is -0.480 e. The summed E-state index contributed by atoms with van der Waals surface area (Å²) in [5.41, 5.74) is 1.27. The highest BCUT2D eigenvalue weighted by Gasteiger charge is 2.42. The van der Waals surface area contributed by atoms with Gasteiger partial charge >= 0.3 is 5.97 Å². The average molecular weight is 332 g/mol. The number of carboxylic acids is 1. The van der Waals surface area contributed by atoms with Crippen LogP contribution in [-0.2, 0) is 11.2 Å². The third-order valence-electron chi connectivity index (χ3n) is 3.69. The lowest BCUT2D eigenvalue weighted by Crippen LogP contribution is -2.46. The quantitative estimate of drug-likeness (QED) is 0.873. The number of aliphatic carboxylic acids is 1. The molecule has 2 aromatic rings. The highest BCUT2D eigenvalue weighted by molar-refractivity contribution is 6.22. The van der Waals surface area contributed by atoms with Gasteiger partial charge in [0.05, 0.1) is 11.1 Å². The van der Waals surface area contributed by atoms with Gasteiger partial charge in [-0.2, -0.15) is 0 Å². The Balaban J connectivity index is 0.00000192. The van der Waals surface area contributed by atoms with Gasteiger partial charge in [0, 0.05) is 6.42 Å². The minimum atomic E-state index is -1.21. The van der Waals surface area contributed by atoms with Crippen LogP contribution in [0.15, 0.2) is 54.6 Å². The van der Waals surface area contributed by atoms with Gasteiger partial charge in [0.1, 0.15) is 6.04 Å². The zero-order chi connectivity index (χ0) is 15.7. The summed E-state index contributed by atoms with van der Waals surface area (Å²) in [5, 5.41) is 9.46. The molecule has 0 fully saturated rings. The van der Waals surface area contributed by atoms with E-state index in [9.17, 15) is 19.5 Å². The Kier molecular flexibility index (Phi) is 4.81. The van der Waals surface area contributed by atoms with Crippen LogP contribution in [0, 0.1) is 0 Å². The lowest BCUT2D eigenvalue weighted by Gasteiger charge is -2.22. The smallest absolute Gasteiger partial charge is 0.327 e. The first-order chi connectivity index (χ1) is 10.6. The number of amides is 2. The van der Waals surface area contributed by atoms with Crippen molar-refractivity contribution in [3.8, 4) is 0 Å². The number of imide groups is 1. The summed E-state index contributed by atoms with van der Waals surface area (Å²) in [6.45, 7) is 0. The molecule has 0 bridgehead atoms. The van der Waals surface area contributed by atoms with Crippen molar-refractivity contribution in [3.05, 3.63) is 71.3 Å². The maximum atomic E-state index is 12.4. The zero-order valence-electron chi connectivity index (χ0n) is 12.0. The Morgan fingerprint density at radius 1 is 0.913 bits per heavy atom. The molecule has 1 N–H and O–H groups in total. The number of benzene rings is 2. The fourth-order valence-corrected chi connectivity index (χ4v) is 2.62. The van der Waals surface area contributed by atoms with Gasteiger partial charge in [-0.3, -0.25) is 14.5 Å². The topological polar surface area (TPSA) is 74.7 Å². The fourth-order valence-electron chi connectivity index (χ4n) is 2.62. The lowest BCUT2D eigenvalue weighted by molar-refractivity contribution is -0.141. The summed E-state index contributed by atoms with van der Waals surface area (Å²) in [6, 6.07) is 14.1. The van der Waals surface area contributed by atoms with Gasteiger partial charge in [0.25, 0.3) is 11.8 Å². The molecule has 5 nitrogen and oxygen atoms in total. The molecule has 0 saturated heterocycles. The van der Waals surface area contributed by atoms with Gasteiger partial charge in [0.2, 0.25) is 0 Å². The average Bonchev–Trinajstić information content (AvgIpc) is 2.78. The van der Waals surface area contributed by atoms with Crippen LogP contribution < -0.4 is 0 Å². The van der Waals surface area contributed by atoms with Gasteiger partial charge in [-0.05, 0) is 17.7 Å². The molecule has 6 heteroatoms. The Morgan fingerprint density at radius 3 is 1.87 bits per heavy atom. The summed E-state index contributed by atoms with van der Waals surface area (Å²) in [6.07, 6.45) is 0.0850. The largest absolute Gasteiger partial charge is 0.480 e. The highest BCUT2D eigenvalue weighted by atomic mass is 35.5. The molecular weight excluding hydrogens is 318 g/mol. The monoisotopic (exact) mass is 331 g/mol. The van der Waals surface area contributed by atoms with Gasteiger partial charge in [-0.15, -0.1) is 12.4 Å². The van der Waals surface area contributed by atoms with Crippen molar-refractivity contribution in [1.82, 2.24) is 4.90 Å². The first kappa shape index (κ1) is 16.7. The standard InChI is InChI=1S/C17H13NO4.ClH/c19-15-12-8-4-5-9-13(12)16(20)18(15)14(17(21)22)10-11-6-2-1-3-7-11;/h1-9,14H,10H2,(H,21,22);1H/t14-;/m0./s1. The summed E-state index contributed by atoms with van der Waals surface area (Å²) in [7, 11) is 0. The Morgan fingerprint density at radius 2 is 1.39 bits per heavy atom. The predicted molar refractivity (Wildman–Crippen MR) is 85.8 cm³/mol. The molecule has 0 saturated carbocycles. The lowest BCUT2D eigenvalue weighted by atomic mass is 10.0. The predicted octanol–water partition coefficient (Wildman–Crippen LogP) is 2.40. The van der Waals surface area contributed by atoms with Crippen molar-refractivity contribution < 1.29 is 19.5 Å². The zero-order valence-corrected chi connectivity index (χ0v) is 12.8. The first-order valence-electron chi connectivity index (χ1n) is 6.83. The molecule has 0 unspecified atom stereocenters. The van der Waals surface area contributed by atoms with Crippen molar-refractivity contribution >= 4 is 30.2 Å². The summed E-state index contributed by atoms with van der Waals surface area (Å²) < 4.78 is 0. The second kappa shape index (κ2) is 6.62. The van der Waals surface area contributed by atoms with E-state index >= 15 is 0 Å². The second-order valence-electron chi connectivity index (χ2n) is 5.07. The molecule has 0 radical (unpaired) electrons. The molecule has 118 valence electrons. The molecule has 0 spiro atoms. The number of carboxylic acid groups (broad SMARTS) is 1. The van der Waals surface area contributed by atoms with Crippen molar-refractivity contribution in [2.75, 3.05) is 0 Å². The van der Waals surface area contributed by atoms with E-state index in [2.05, 4.69) is 0 Å². The second-order valence-corrected chi connectivity index (χ2v) is 5.07. The van der Waals surface area contributed by atoms with Crippen molar-refractivity contribution in [2.24, 2.45) is 0 Å². The molecule has 0 aromatic heterocycles. The Labute approximate surface area is 138 Å². The molecule has 2 aromatic carbocycles. The molecule has 2 amide bonds. The molecule has 23 heavy (non-hydrogen) atoms. The van der Waals surface area contributed by atoms with Crippen molar-refractivity contribution in [3.63, 3.8) is 0 Å². The van der Waals surface area contributed by atoms with Gasteiger partial charge in [-0.25, -0.2) is 4.79 Å². The van der Waals surface area contributed by atoms with Crippen LogP contribution in [0.5, 0.6) is 0 Å². The van der Waals surface area contributed by atoms with Crippen LogP contribution >= 0.6 is 12.4 Å². The molecule has 0 aliphatic carbocycles. The van der Waals surface area contributed by atoms with E-state index in [0.717, 1.165) is 10.5 Å². The van der Waals surface area contributed by atoms with Crippen LogP contribution in [0.25, 0.3) is 0 Å². The van der Waals surface area contributed by atoms with Crippen LogP contribution in [0.1, 0.15) is 26.3 Å². The Bertz CT molecular complexity index is 725. The molecular formula is C17H14ClNO4. The van der Waals surface area contributed by atoms with Crippen molar-refractivity contribution in [1.29, 1.82) is 0 Å². The van der Waals surface area contributed by atoms with Crippen LogP contribution in [0.4, 0.5) is 0 Å². The Hall–Kier alpha value is -2.66. The SMILES string of the molecule is Cl.O=C(O)[C@H](Cc1ccccc1)N1C(=O)c2ccccc2C1=O. The molecule has 1 atom stereocenters. The summed E-state index contributed by atoms with van der Waals surface area (Å²) in [5.74, 6) is -2.30. The van der Waals surface area contributed by atoms with Crippen LogP contribution in [0.3, 0.4) is 0 Å². The van der Waals surface area contributed by atoms with E-state index in [1.54, 1.807) is 36.4 Å². The third-order valence-corrected chi connectivity index (χ3v) is 3.69. The van der Waals surface area contributed by atoms with E-state index in [1.807, 2.05) is 6.07 Å². The highest BCUT2D eigenvalue weighted by Crippen LogP contribution is 2.25. The molecule has 1 aliphatic rings. The molecule has 1 heterocycles. The number of rotatable bonds is 4. The third kappa shape index (κ3) is 2.96. The number of nitrogens with zero attached hydrogens (tertiary/aromatic N) is 1. The first-order valence-corrected chi connectivity index (χ1v) is 6.83. The van der Waals surface area contributed by atoms with Gasteiger partial charge in [-0.1, -0.05) is 42.5 Å². The number of halogens is 1. The maximum absolute atomic E-state index is 12.4. The number of carbonyl (C=O) groups excluding carboxylic acids is 2. The molecule has 1 aliphatic heterocycles. The normalized spacial score (nSPS) is 14.2. The summed E-state index contributed by atoms with van der Waals surface area (Å²) in [4.78, 5) is 37.2. The van der Waals surface area contributed by atoms with Crippen molar-refractivity contribution in [2.45, 2.75) is 12.5 Å². The van der Waals surface area contributed by atoms with Gasteiger partial charge < -0.3 is 5.11 Å². The molecule has 3 rings (SSSR count). The van der Waals surface area contributed by atoms with Crippen LogP contribution in [0.2, 0.25) is 0 Å². The maximum Gasteiger partial charge on any atom is 0.327 e. The fraction of sp³-hybridized carbons (Fsp3) is 0.118. The van der Waals surface area contributed by atoms with E-state index in [4.69, 9.17) is 0 Å². The van der Waals surface area contributed by atoms with Gasteiger partial charge in [0.15, 0.2) is 0 Å². The number of fused-ring (bicyclic) bond motifs is 1.